The van der Waals surface area contributed by atoms with Crippen molar-refractivity contribution in [1.82, 2.24) is 0 Å². The van der Waals surface area contributed by atoms with E-state index in [1.807, 2.05) is 0 Å². The van der Waals surface area contributed by atoms with Crippen molar-refractivity contribution in [2.45, 2.75) is 89.9 Å². The highest BCUT2D eigenvalue weighted by atomic mass is 14.6. The molecule has 5 aliphatic carbocycles. The second-order valence-electron chi connectivity index (χ2n) is 15.7. The predicted octanol–water partition coefficient (Wildman–Crippen LogP) is 11.7. The average molecular weight is 573 g/mol. The van der Waals surface area contributed by atoms with E-state index in [0.29, 0.717) is 11.8 Å². The van der Waals surface area contributed by atoms with Crippen molar-refractivity contribution in [3.05, 3.63) is 129 Å². The van der Waals surface area contributed by atoms with Crippen LogP contribution in [0.1, 0.15) is 107 Å². The van der Waals surface area contributed by atoms with Gasteiger partial charge in [0.25, 0.3) is 0 Å². The van der Waals surface area contributed by atoms with Gasteiger partial charge in [0.1, 0.15) is 0 Å². The maximum Gasteiger partial charge on any atom is 0.0473 e. The molecule has 0 aliphatic heterocycles. The van der Waals surface area contributed by atoms with Crippen LogP contribution >= 0.6 is 0 Å². The van der Waals surface area contributed by atoms with Crippen LogP contribution < -0.4 is 0 Å². The third-order valence-electron chi connectivity index (χ3n) is 12.5. The zero-order chi connectivity index (χ0) is 30.2. The predicted molar refractivity (Wildman–Crippen MR) is 187 cm³/mol. The first kappa shape index (κ1) is 26.7. The number of fused-ring (bicyclic) bond motifs is 12. The highest BCUT2D eigenvalue weighted by Gasteiger charge is 2.57. The van der Waals surface area contributed by atoms with Crippen LogP contribution in [0.4, 0.5) is 0 Å². The van der Waals surface area contributed by atoms with E-state index < -0.39 is 0 Å². The van der Waals surface area contributed by atoms with E-state index in [1.54, 1.807) is 33.4 Å². The first-order chi connectivity index (χ1) is 21.2. The summed E-state index contributed by atoms with van der Waals surface area (Å²) in [6.45, 7) is 14.7. The third kappa shape index (κ3) is 3.10. The summed E-state index contributed by atoms with van der Waals surface area (Å²) in [4.78, 5) is 0. The van der Waals surface area contributed by atoms with E-state index in [1.165, 1.54) is 76.3 Å². The van der Waals surface area contributed by atoms with E-state index in [-0.39, 0.29) is 16.2 Å². The summed E-state index contributed by atoms with van der Waals surface area (Å²) in [6.07, 6.45) is 12.0. The number of benzene rings is 4. The minimum atomic E-state index is -0.151. The smallest absolute Gasteiger partial charge is 0.0473 e. The molecule has 2 atom stereocenters. The van der Waals surface area contributed by atoms with E-state index in [9.17, 15) is 0 Å². The van der Waals surface area contributed by atoms with Crippen molar-refractivity contribution in [2.75, 3.05) is 0 Å². The van der Waals surface area contributed by atoms with Gasteiger partial charge in [0.15, 0.2) is 0 Å². The van der Waals surface area contributed by atoms with E-state index in [2.05, 4.69) is 126 Å². The maximum absolute atomic E-state index is 2.71. The van der Waals surface area contributed by atoms with Crippen LogP contribution in [0.15, 0.2) is 96.1 Å². The van der Waals surface area contributed by atoms with Crippen LogP contribution in [0.3, 0.4) is 0 Å². The summed E-state index contributed by atoms with van der Waals surface area (Å²) in [5, 5.41) is 2.81. The lowest BCUT2D eigenvalue weighted by Gasteiger charge is -2.47. The second-order valence-corrected chi connectivity index (χ2v) is 15.7. The van der Waals surface area contributed by atoms with Gasteiger partial charge in [-0.1, -0.05) is 143 Å². The Labute approximate surface area is 263 Å². The van der Waals surface area contributed by atoms with Crippen molar-refractivity contribution in [3.8, 4) is 11.1 Å². The number of allylic oxidation sites excluding steroid dienone is 6. The molecule has 0 amide bonds. The largest absolute Gasteiger partial charge is 0.0681 e. The molecule has 0 N–H and O–H groups in total. The molecule has 0 nitrogen and oxygen atoms in total. The van der Waals surface area contributed by atoms with Gasteiger partial charge in [-0.15, -0.1) is 0 Å². The summed E-state index contributed by atoms with van der Waals surface area (Å²) >= 11 is 0. The SMILES string of the molecule is CC1=CC2(c3ccc4c(c3-c3ccc5ccccc5c32)C(C)(C)C2=C4C(C)(C)c3ccccc32)C(C2CCCCC2)C(C)=C1. The first-order valence-electron chi connectivity index (χ1n) is 17.1. The standard InChI is InChI=1S/C44H44/c1-26-24-27(2)37(29-15-8-7-9-16-29)44(25-26)35-23-22-33-39(36(35)32-21-20-28-14-10-11-17-30(28)38(32)44)43(5,6)40-31-18-12-13-19-34(31)42(3,4)41(33)40/h10-14,17-25,29,37H,7-9,15-16H2,1-6H3. The molecule has 220 valence electrons. The van der Waals surface area contributed by atoms with Crippen molar-refractivity contribution >= 4 is 21.9 Å². The molecule has 0 heterocycles. The van der Waals surface area contributed by atoms with Crippen LogP contribution in [0.5, 0.6) is 0 Å². The fourth-order valence-electron chi connectivity index (χ4n) is 11.2. The van der Waals surface area contributed by atoms with Gasteiger partial charge >= 0.3 is 0 Å². The lowest BCUT2D eigenvalue weighted by atomic mass is 9.56. The summed E-state index contributed by atoms with van der Waals surface area (Å²) in [5.74, 6) is 1.19. The Balaban J connectivity index is 1.40. The van der Waals surface area contributed by atoms with Crippen molar-refractivity contribution in [1.29, 1.82) is 0 Å². The van der Waals surface area contributed by atoms with Gasteiger partial charge in [-0.25, -0.2) is 0 Å². The summed E-state index contributed by atoms with van der Waals surface area (Å²) in [7, 11) is 0. The lowest BCUT2D eigenvalue weighted by molar-refractivity contribution is 0.227. The molecule has 0 radical (unpaired) electrons. The Morgan fingerprint density at radius 2 is 1.32 bits per heavy atom. The maximum atomic E-state index is 2.71. The number of hydrogen-bond acceptors (Lipinski definition) is 0. The fourth-order valence-corrected chi connectivity index (χ4v) is 11.2. The molecule has 5 aliphatic rings. The van der Waals surface area contributed by atoms with Gasteiger partial charge in [-0.2, -0.15) is 0 Å². The van der Waals surface area contributed by atoms with Crippen LogP contribution in [-0.2, 0) is 16.2 Å². The quantitative estimate of drug-likeness (QED) is 0.213. The molecule has 44 heavy (non-hydrogen) atoms. The van der Waals surface area contributed by atoms with Crippen molar-refractivity contribution in [3.63, 3.8) is 0 Å². The highest BCUT2D eigenvalue weighted by molar-refractivity contribution is 6.12. The second kappa shape index (κ2) is 8.75. The molecule has 0 aromatic heterocycles. The van der Waals surface area contributed by atoms with Crippen LogP contribution in [-0.4, -0.2) is 0 Å². The minimum Gasteiger partial charge on any atom is -0.0681 e. The highest BCUT2D eigenvalue weighted by Crippen LogP contribution is 2.68. The van der Waals surface area contributed by atoms with Crippen molar-refractivity contribution < 1.29 is 0 Å². The Hall–Kier alpha value is -3.64. The molecule has 1 spiro atoms. The normalized spacial score (nSPS) is 25.8. The van der Waals surface area contributed by atoms with E-state index in [4.69, 9.17) is 0 Å². The first-order valence-corrected chi connectivity index (χ1v) is 17.1. The summed E-state index contributed by atoms with van der Waals surface area (Å²) in [5.41, 5.74) is 18.0. The Bertz CT molecular complexity index is 2010. The zero-order valence-electron chi connectivity index (χ0n) is 27.3. The topological polar surface area (TPSA) is 0 Å². The van der Waals surface area contributed by atoms with Gasteiger partial charge in [-0.05, 0) is 105 Å². The van der Waals surface area contributed by atoms with Gasteiger partial charge in [-0.3, -0.25) is 0 Å². The molecule has 4 aromatic rings. The van der Waals surface area contributed by atoms with Gasteiger partial charge in [0.2, 0.25) is 0 Å². The van der Waals surface area contributed by atoms with Gasteiger partial charge < -0.3 is 0 Å². The molecule has 0 bridgehead atoms. The Kier molecular flexibility index (Phi) is 5.32. The summed E-state index contributed by atoms with van der Waals surface area (Å²) < 4.78 is 0. The molecule has 1 saturated carbocycles. The molecule has 0 saturated heterocycles. The lowest BCUT2D eigenvalue weighted by Crippen LogP contribution is -2.41. The minimum absolute atomic E-state index is 0.0174. The Morgan fingerprint density at radius 1 is 0.614 bits per heavy atom. The van der Waals surface area contributed by atoms with Crippen LogP contribution in [0.2, 0.25) is 0 Å². The summed E-state index contributed by atoms with van der Waals surface area (Å²) in [6, 6.07) is 28.5. The Morgan fingerprint density at radius 3 is 2.14 bits per heavy atom. The van der Waals surface area contributed by atoms with Gasteiger partial charge in [0, 0.05) is 16.2 Å². The van der Waals surface area contributed by atoms with Crippen LogP contribution in [0, 0.1) is 11.8 Å². The average Bonchev–Trinajstić information content (AvgIpc) is 3.53. The molecule has 4 aromatic carbocycles. The molecule has 2 unspecified atom stereocenters. The molecular weight excluding hydrogens is 528 g/mol. The molecule has 0 heteroatoms. The zero-order valence-corrected chi connectivity index (χ0v) is 27.3. The molecule has 1 fully saturated rings. The number of hydrogen-bond donors (Lipinski definition) is 0. The van der Waals surface area contributed by atoms with E-state index in [0.717, 1.165) is 0 Å². The molecule has 9 rings (SSSR count). The van der Waals surface area contributed by atoms with Crippen LogP contribution in [0.25, 0.3) is 33.0 Å². The fraction of sp³-hybridized carbons (Fsp3) is 0.364. The van der Waals surface area contributed by atoms with E-state index >= 15 is 0 Å². The monoisotopic (exact) mass is 572 g/mol. The number of rotatable bonds is 1. The van der Waals surface area contributed by atoms with Crippen molar-refractivity contribution in [2.24, 2.45) is 11.8 Å². The van der Waals surface area contributed by atoms with Gasteiger partial charge in [0.05, 0.1) is 0 Å². The third-order valence-corrected chi connectivity index (χ3v) is 12.5. The molecular formula is C44H44.